The minimum absolute atomic E-state index is 0.0337. The fraction of sp³-hybridized carbons (Fsp3) is 0.292. The van der Waals surface area contributed by atoms with Gasteiger partial charge in [0.15, 0.2) is 0 Å². The molecule has 2 atom stereocenters. The highest BCUT2D eigenvalue weighted by Gasteiger charge is 2.33. The molecule has 0 fully saturated rings. The Labute approximate surface area is 174 Å². The van der Waals surface area contributed by atoms with Gasteiger partial charge in [-0.1, -0.05) is 49.4 Å². The van der Waals surface area contributed by atoms with E-state index in [0.29, 0.717) is 12.5 Å². The minimum atomic E-state index is -0.243. The predicted molar refractivity (Wildman–Crippen MR) is 117 cm³/mol. The van der Waals surface area contributed by atoms with Crippen LogP contribution in [0.2, 0.25) is 0 Å². The Morgan fingerprint density at radius 2 is 1.97 bits per heavy atom. The molecule has 4 nitrogen and oxygen atoms in total. The lowest BCUT2D eigenvalue weighted by Gasteiger charge is -2.27. The zero-order valence-electron chi connectivity index (χ0n) is 16.4. The van der Waals surface area contributed by atoms with Crippen LogP contribution < -0.4 is 15.4 Å². The van der Waals surface area contributed by atoms with E-state index in [9.17, 15) is 4.79 Å². The minimum Gasteiger partial charge on any atom is -0.489 e. The fourth-order valence-corrected chi connectivity index (χ4v) is 5.59. The second kappa shape index (κ2) is 7.56. The van der Waals surface area contributed by atoms with Crippen LogP contribution in [0.15, 0.2) is 54.6 Å². The molecule has 2 unspecified atom stereocenters. The predicted octanol–water partition coefficient (Wildman–Crippen LogP) is 5.31. The number of amides is 1. The average Bonchev–Trinajstić information content (AvgIpc) is 3.11. The third-order valence-corrected chi connectivity index (χ3v) is 6.91. The highest BCUT2D eigenvalue weighted by Crippen LogP contribution is 2.42. The van der Waals surface area contributed by atoms with Crippen LogP contribution in [0.3, 0.4) is 0 Å². The van der Waals surface area contributed by atoms with E-state index in [1.54, 1.807) is 11.3 Å². The van der Waals surface area contributed by atoms with E-state index in [1.165, 1.54) is 10.4 Å². The summed E-state index contributed by atoms with van der Waals surface area (Å²) in [4.78, 5) is 14.3. The van der Waals surface area contributed by atoms with Crippen molar-refractivity contribution in [1.29, 1.82) is 0 Å². The van der Waals surface area contributed by atoms with Gasteiger partial charge in [-0.25, -0.2) is 0 Å². The Kier molecular flexibility index (Phi) is 4.76. The van der Waals surface area contributed by atoms with Crippen LogP contribution in [-0.4, -0.2) is 5.91 Å². The second-order valence-electron chi connectivity index (χ2n) is 7.95. The lowest BCUT2D eigenvalue weighted by Crippen LogP contribution is -2.38. The van der Waals surface area contributed by atoms with E-state index in [1.807, 2.05) is 54.6 Å². The number of ether oxygens (including phenoxy) is 1. The largest absolute Gasteiger partial charge is 0.489 e. The van der Waals surface area contributed by atoms with Crippen molar-refractivity contribution >= 4 is 22.2 Å². The van der Waals surface area contributed by atoms with Gasteiger partial charge in [0.2, 0.25) is 0 Å². The molecule has 2 aromatic carbocycles. The van der Waals surface area contributed by atoms with Crippen molar-refractivity contribution in [2.24, 2.45) is 5.92 Å². The molecule has 0 saturated carbocycles. The molecule has 1 aromatic heterocycles. The standard InChI is InChI=1S/C24H24N2O2S/c1-15-10-11-19-20(12-15)29-24-21(19)23(27)25-22(26-24)17-8-5-9-18(13-17)28-14-16-6-3-2-4-7-16/h2-9,13,15,22,26H,10-12,14H2,1H3,(H,25,27). The highest BCUT2D eigenvalue weighted by molar-refractivity contribution is 7.16. The van der Waals surface area contributed by atoms with Crippen molar-refractivity contribution in [1.82, 2.24) is 5.32 Å². The molecule has 1 aliphatic heterocycles. The molecule has 5 rings (SSSR count). The zero-order valence-corrected chi connectivity index (χ0v) is 17.2. The molecular weight excluding hydrogens is 380 g/mol. The van der Waals surface area contributed by atoms with Crippen molar-refractivity contribution in [2.45, 2.75) is 39.0 Å². The Bertz CT molecular complexity index is 1040. The first-order valence-corrected chi connectivity index (χ1v) is 11.0. The lowest BCUT2D eigenvalue weighted by atomic mass is 9.88. The van der Waals surface area contributed by atoms with E-state index >= 15 is 0 Å². The maximum atomic E-state index is 12.9. The molecule has 2 heterocycles. The third-order valence-electron chi connectivity index (χ3n) is 5.73. The normalized spacial score (nSPS) is 20.2. The first kappa shape index (κ1) is 18.3. The number of carbonyl (C=O) groups excluding carboxylic acids is 1. The maximum Gasteiger partial charge on any atom is 0.256 e. The number of nitrogens with one attached hydrogen (secondary N) is 2. The lowest BCUT2D eigenvalue weighted by molar-refractivity contribution is 0.0935. The number of rotatable bonds is 4. The van der Waals surface area contributed by atoms with Crippen LogP contribution in [0.25, 0.3) is 0 Å². The van der Waals surface area contributed by atoms with E-state index in [2.05, 4.69) is 17.6 Å². The van der Waals surface area contributed by atoms with Crippen molar-refractivity contribution < 1.29 is 9.53 Å². The summed E-state index contributed by atoms with van der Waals surface area (Å²) in [5.41, 5.74) is 4.25. The number of fused-ring (bicyclic) bond motifs is 3. The summed E-state index contributed by atoms with van der Waals surface area (Å²) in [5.74, 6) is 1.53. The van der Waals surface area contributed by atoms with Gasteiger partial charge in [0.25, 0.3) is 5.91 Å². The molecule has 1 aliphatic carbocycles. The number of hydrogen-bond donors (Lipinski definition) is 2. The topological polar surface area (TPSA) is 50.4 Å². The molecule has 0 radical (unpaired) electrons. The van der Waals surface area contributed by atoms with Crippen LogP contribution in [0.4, 0.5) is 5.00 Å². The van der Waals surface area contributed by atoms with E-state index in [0.717, 1.165) is 46.7 Å². The molecule has 5 heteroatoms. The Morgan fingerprint density at radius 1 is 1.10 bits per heavy atom. The molecule has 29 heavy (non-hydrogen) atoms. The monoisotopic (exact) mass is 404 g/mol. The zero-order chi connectivity index (χ0) is 19.8. The van der Waals surface area contributed by atoms with E-state index in [-0.39, 0.29) is 12.1 Å². The summed E-state index contributed by atoms with van der Waals surface area (Å²) >= 11 is 1.75. The summed E-state index contributed by atoms with van der Waals surface area (Å²) in [6, 6.07) is 18.1. The molecule has 0 spiro atoms. The molecule has 2 aliphatic rings. The van der Waals surface area contributed by atoms with Gasteiger partial charge in [-0.2, -0.15) is 0 Å². The first-order chi connectivity index (χ1) is 14.2. The third kappa shape index (κ3) is 3.62. The first-order valence-electron chi connectivity index (χ1n) is 10.2. The second-order valence-corrected chi connectivity index (χ2v) is 9.06. The fourth-order valence-electron chi connectivity index (χ4n) is 4.15. The molecular formula is C24H24N2O2S. The van der Waals surface area contributed by atoms with Crippen LogP contribution >= 0.6 is 11.3 Å². The van der Waals surface area contributed by atoms with Crippen LogP contribution in [0.1, 0.15) is 51.4 Å². The Morgan fingerprint density at radius 3 is 2.83 bits per heavy atom. The number of anilines is 1. The molecule has 0 bridgehead atoms. The summed E-state index contributed by atoms with van der Waals surface area (Å²) < 4.78 is 5.96. The Hall–Kier alpha value is -2.79. The van der Waals surface area contributed by atoms with Gasteiger partial charge >= 0.3 is 0 Å². The van der Waals surface area contributed by atoms with Crippen LogP contribution in [-0.2, 0) is 19.4 Å². The molecule has 2 N–H and O–H groups in total. The van der Waals surface area contributed by atoms with Gasteiger partial charge < -0.3 is 15.4 Å². The average molecular weight is 405 g/mol. The van der Waals surface area contributed by atoms with E-state index < -0.39 is 0 Å². The molecule has 3 aromatic rings. The smallest absolute Gasteiger partial charge is 0.256 e. The summed E-state index contributed by atoms with van der Waals surface area (Å²) in [7, 11) is 0. The number of benzene rings is 2. The van der Waals surface area contributed by atoms with Gasteiger partial charge in [-0.05, 0) is 54.0 Å². The van der Waals surface area contributed by atoms with Crippen molar-refractivity contribution in [2.75, 3.05) is 5.32 Å². The summed E-state index contributed by atoms with van der Waals surface area (Å²) in [5, 5.41) is 7.69. The number of thiophene rings is 1. The summed E-state index contributed by atoms with van der Waals surface area (Å²) in [6.45, 7) is 2.81. The summed E-state index contributed by atoms with van der Waals surface area (Å²) in [6.07, 6.45) is 3.00. The van der Waals surface area contributed by atoms with Gasteiger partial charge in [0.05, 0.1) is 5.56 Å². The van der Waals surface area contributed by atoms with Crippen LogP contribution in [0.5, 0.6) is 5.75 Å². The van der Waals surface area contributed by atoms with Crippen molar-refractivity contribution in [3.05, 3.63) is 81.7 Å². The van der Waals surface area contributed by atoms with E-state index in [4.69, 9.17) is 4.74 Å². The van der Waals surface area contributed by atoms with Gasteiger partial charge in [0, 0.05) is 4.88 Å². The molecule has 0 saturated heterocycles. The Balaban J connectivity index is 1.35. The van der Waals surface area contributed by atoms with Gasteiger partial charge in [-0.15, -0.1) is 11.3 Å². The van der Waals surface area contributed by atoms with Gasteiger partial charge in [-0.3, -0.25) is 4.79 Å². The van der Waals surface area contributed by atoms with Crippen molar-refractivity contribution in [3.63, 3.8) is 0 Å². The molecule has 1 amide bonds. The maximum absolute atomic E-state index is 12.9. The SMILES string of the molecule is CC1CCc2c(sc3c2C(=O)NC(c2cccc(OCc4ccccc4)c2)N3)C1. The van der Waals surface area contributed by atoms with Crippen LogP contribution in [0, 0.1) is 5.92 Å². The quantitative estimate of drug-likeness (QED) is 0.620. The number of carbonyl (C=O) groups is 1. The molecule has 148 valence electrons. The van der Waals surface area contributed by atoms with Crippen molar-refractivity contribution in [3.8, 4) is 5.75 Å². The highest BCUT2D eigenvalue weighted by atomic mass is 32.1. The number of hydrogen-bond acceptors (Lipinski definition) is 4. The van der Waals surface area contributed by atoms with Gasteiger partial charge in [0.1, 0.15) is 23.5 Å².